The maximum Gasteiger partial charge on any atom is 0.413 e. The van der Waals surface area contributed by atoms with E-state index in [4.69, 9.17) is 17.0 Å². The second-order valence-electron chi connectivity index (χ2n) is 6.51. The summed E-state index contributed by atoms with van der Waals surface area (Å²) >= 11 is 5.22. The summed E-state index contributed by atoms with van der Waals surface area (Å²) in [6.45, 7) is 6.83. The van der Waals surface area contributed by atoms with Crippen LogP contribution in [0.25, 0.3) is 0 Å². The largest absolute Gasteiger partial charge is 0.444 e. The Kier molecular flexibility index (Phi) is 5.93. The van der Waals surface area contributed by atoms with E-state index in [9.17, 15) is 9.59 Å². The Morgan fingerprint density at radius 1 is 1.15 bits per heavy atom. The Bertz CT molecular complexity index is 826. The number of Topliss-reactive ketones (excluding diaryl/α,β-unsaturated/α-hetero) is 1. The van der Waals surface area contributed by atoms with E-state index < -0.39 is 11.7 Å². The summed E-state index contributed by atoms with van der Waals surface area (Å²) in [5, 5.41) is 15.3. The van der Waals surface area contributed by atoms with E-state index in [-0.39, 0.29) is 5.78 Å². The molecule has 1 amide bonds. The van der Waals surface area contributed by atoms with Gasteiger partial charge in [-0.2, -0.15) is 5.10 Å². The van der Waals surface area contributed by atoms with Crippen molar-refractivity contribution in [3.05, 3.63) is 35.9 Å². The van der Waals surface area contributed by atoms with Gasteiger partial charge in [0, 0.05) is 17.3 Å². The first-order chi connectivity index (χ1) is 12.1. The van der Waals surface area contributed by atoms with Crippen molar-refractivity contribution in [1.82, 2.24) is 10.2 Å². The standard InChI is InChI=1S/C17H21N5O3S/c1-10(23)11-6-5-7-12(8-11)18-15(26)19-13-9-14(22-21-13)20-16(24)25-17(2,3)4/h5-9H,1-4H3,(H4,18,19,20,21,22,24,26). The number of rotatable bonds is 4. The van der Waals surface area contributed by atoms with Crippen LogP contribution in [0.15, 0.2) is 30.3 Å². The molecule has 4 N–H and O–H groups in total. The maximum atomic E-state index is 11.7. The lowest BCUT2D eigenvalue weighted by atomic mass is 10.1. The summed E-state index contributed by atoms with van der Waals surface area (Å²) < 4.78 is 5.16. The van der Waals surface area contributed by atoms with E-state index in [2.05, 4.69) is 26.1 Å². The summed E-state index contributed by atoms with van der Waals surface area (Å²) in [7, 11) is 0. The predicted octanol–water partition coefficient (Wildman–Crippen LogP) is 3.77. The van der Waals surface area contributed by atoms with Gasteiger partial charge in [0.15, 0.2) is 16.7 Å². The van der Waals surface area contributed by atoms with Crippen LogP contribution in [0.5, 0.6) is 0 Å². The van der Waals surface area contributed by atoms with Crippen LogP contribution >= 0.6 is 12.2 Å². The molecule has 0 unspecified atom stereocenters. The van der Waals surface area contributed by atoms with Gasteiger partial charge in [0.2, 0.25) is 0 Å². The summed E-state index contributed by atoms with van der Waals surface area (Å²) in [6, 6.07) is 8.56. The van der Waals surface area contributed by atoms with Crippen molar-refractivity contribution in [2.45, 2.75) is 33.3 Å². The van der Waals surface area contributed by atoms with Crippen molar-refractivity contribution < 1.29 is 14.3 Å². The second kappa shape index (κ2) is 7.96. The number of carbonyl (C=O) groups excluding carboxylic acids is 2. The smallest absolute Gasteiger partial charge is 0.413 e. The zero-order valence-electron chi connectivity index (χ0n) is 15.0. The lowest BCUT2D eigenvalue weighted by Crippen LogP contribution is -2.27. The van der Waals surface area contributed by atoms with Crippen molar-refractivity contribution in [1.29, 1.82) is 0 Å². The minimum absolute atomic E-state index is 0.0299. The number of ketones is 1. The summed E-state index contributed by atoms with van der Waals surface area (Å²) in [4.78, 5) is 23.1. The molecule has 138 valence electrons. The van der Waals surface area contributed by atoms with Crippen LogP contribution < -0.4 is 16.0 Å². The van der Waals surface area contributed by atoms with Gasteiger partial charge in [0.05, 0.1) is 0 Å². The first-order valence-corrected chi connectivity index (χ1v) is 8.27. The molecule has 0 spiro atoms. The van der Waals surface area contributed by atoms with Crippen LogP contribution in [-0.4, -0.2) is 32.8 Å². The highest BCUT2D eigenvalue weighted by molar-refractivity contribution is 7.80. The Morgan fingerprint density at radius 3 is 2.54 bits per heavy atom. The number of thiocarbonyl (C=S) groups is 1. The number of H-pyrrole nitrogens is 1. The molecule has 0 aliphatic rings. The van der Waals surface area contributed by atoms with Crippen molar-refractivity contribution in [2.24, 2.45) is 0 Å². The molecular formula is C17H21N5O3S. The third kappa shape index (κ3) is 6.17. The van der Waals surface area contributed by atoms with Gasteiger partial charge in [-0.1, -0.05) is 12.1 Å². The van der Waals surface area contributed by atoms with E-state index >= 15 is 0 Å². The number of amides is 1. The van der Waals surface area contributed by atoms with E-state index in [0.717, 1.165) is 0 Å². The molecule has 1 heterocycles. The van der Waals surface area contributed by atoms with Crippen LogP contribution in [0.4, 0.5) is 22.1 Å². The Hall–Kier alpha value is -2.94. The van der Waals surface area contributed by atoms with Crippen LogP contribution in [0, 0.1) is 0 Å². The van der Waals surface area contributed by atoms with Crippen LogP contribution in [0.3, 0.4) is 0 Å². The third-order valence-corrected chi connectivity index (χ3v) is 3.19. The highest BCUT2D eigenvalue weighted by Gasteiger charge is 2.17. The topological polar surface area (TPSA) is 108 Å². The highest BCUT2D eigenvalue weighted by Crippen LogP contribution is 2.15. The molecule has 1 aromatic carbocycles. The van der Waals surface area contributed by atoms with E-state index in [1.165, 1.54) is 6.92 Å². The number of ether oxygens (including phenoxy) is 1. The molecule has 26 heavy (non-hydrogen) atoms. The highest BCUT2D eigenvalue weighted by atomic mass is 32.1. The van der Waals surface area contributed by atoms with Gasteiger partial charge < -0.3 is 15.4 Å². The fourth-order valence-electron chi connectivity index (χ4n) is 1.96. The molecule has 0 aliphatic carbocycles. The number of hydrogen-bond acceptors (Lipinski definition) is 5. The maximum absolute atomic E-state index is 11.7. The normalized spacial score (nSPS) is 10.8. The number of hydrogen-bond donors (Lipinski definition) is 4. The monoisotopic (exact) mass is 375 g/mol. The fourth-order valence-corrected chi connectivity index (χ4v) is 2.18. The second-order valence-corrected chi connectivity index (χ2v) is 6.92. The Balaban J connectivity index is 1.92. The third-order valence-electron chi connectivity index (χ3n) is 2.98. The molecule has 2 rings (SSSR count). The lowest BCUT2D eigenvalue weighted by molar-refractivity contribution is 0.0635. The number of aromatic nitrogens is 2. The molecule has 1 aromatic heterocycles. The Morgan fingerprint density at radius 2 is 1.88 bits per heavy atom. The first-order valence-electron chi connectivity index (χ1n) is 7.87. The minimum atomic E-state index is -0.592. The van der Waals surface area contributed by atoms with Gasteiger partial charge in [-0.25, -0.2) is 4.79 Å². The first kappa shape index (κ1) is 19.4. The molecular weight excluding hydrogens is 354 g/mol. The summed E-state index contributed by atoms with van der Waals surface area (Å²) in [5.74, 6) is 0.747. The number of aromatic amines is 1. The number of nitrogens with one attached hydrogen (secondary N) is 4. The summed E-state index contributed by atoms with van der Waals surface area (Å²) in [5.41, 5.74) is 0.671. The van der Waals surface area contributed by atoms with Gasteiger partial charge in [0.1, 0.15) is 11.4 Å². The predicted molar refractivity (Wildman–Crippen MR) is 105 cm³/mol. The molecule has 0 radical (unpaired) electrons. The van der Waals surface area contributed by atoms with Crippen molar-refractivity contribution in [2.75, 3.05) is 16.0 Å². The zero-order valence-corrected chi connectivity index (χ0v) is 15.8. The molecule has 0 atom stereocenters. The molecule has 0 aliphatic heterocycles. The van der Waals surface area contributed by atoms with Gasteiger partial charge in [-0.3, -0.25) is 15.2 Å². The van der Waals surface area contributed by atoms with E-state index in [0.29, 0.717) is 28.0 Å². The lowest BCUT2D eigenvalue weighted by Gasteiger charge is -2.19. The van der Waals surface area contributed by atoms with Crippen LogP contribution in [-0.2, 0) is 4.74 Å². The number of anilines is 3. The average Bonchev–Trinajstić information content (AvgIpc) is 2.92. The number of carbonyl (C=O) groups is 2. The molecule has 0 fully saturated rings. The SMILES string of the molecule is CC(=O)c1cccc(NC(=S)Nc2cc(NC(=O)OC(C)(C)C)[nH]n2)c1. The number of nitrogens with zero attached hydrogens (tertiary/aromatic N) is 1. The molecule has 8 nitrogen and oxygen atoms in total. The van der Waals surface area contributed by atoms with Crippen LogP contribution in [0.1, 0.15) is 38.1 Å². The summed E-state index contributed by atoms with van der Waals surface area (Å²) in [6.07, 6.45) is -0.588. The molecule has 0 bridgehead atoms. The molecule has 0 saturated carbocycles. The van der Waals surface area contributed by atoms with Gasteiger partial charge >= 0.3 is 6.09 Å². The number of benzene rings is 1. The van der Waals surface area contributed by atoms with Crippen molar-refractivity contribution in [3.8, 4) is 0 Å². The van der Waals surface area contributed by atoms with E-state index in [1.54, 1.807) is 51.1 Å². The van der Waals surface area contributed by atoms with Gasteiger partial charge in [0.25, 0.3) is 0 Å². The van der Waals surface area contributed by atoms with Crippen molar-refractivity contribution in [3.63, 3.8) is 0 Å². The molecule has 2 aromatic rings. The average molecular weight is 375 g/mol. The van der Waals surface area contributed by atoms with Gasteiger partial charge in [-0.15, -0.1) is 0 Å². The fraction of sp³-hybridized carbons (Fsp3) is 0.294. The molecule has 9 heteroatoms. The van der Waals surface area contributed by atoms with Crippen molar-refractivity contribution >= 4 is 46.5 Å². The Labute approximate surface area is 156 Å². The van der Waals surface area contributed by atoms with Gasteiger partial charge in [-0.05, 0) is 52.0 Å². The molecule has 0 saturated heterocycles. The van der Waals surface area contributed by atoms with E-state index in [1.807, 2.05) is 0 Å². The quantitative estimate of drug-likeness (QED) is 0.476. The zero-order chi connectivity index (χ0) is 19.3. The minimum Gasteiger partial charge on any atom is -0.444 e. The van der Waals surface area contributed by atoms with Crippen LogP contribution in [0.2, 0.25) is 0 Å².